The second-order valence-electron chi connectivity index (χ2n) is 3.28. The maximum Gasteiger partial charge on any atom is 0.327 e. The van der Waals surface area contributed by atoms with Crippen molar-refractivity contribution in [2.45, 2.75) is 25.8 Å². The molecule has 17 heavy (non-hydrogen) atoms. The Balaban J connectivity index is 2.94. The maximum atomic E-state index is 13.7. The van der Waals surface area contributed by atoms with Gasteiger partial charge < -0.3 is 10.4 Å². The third-order valence-corrected chi connectivity index (χ3v) is 2.13. The largest absolute Gasteiger partial charge is 0.480 e. The van der Waals surface area contributed by atoms with Gasteiger partial charge in [-0.1, -0.05) is 6.92 Å². The Kier molecular flexibility index (Phi) is 4.40. The van der Waals surface area contributed by atoms with Gasteiger partial charge in [0.25, 0.3) is 0 Å². The van der Waals surface area contributed by atoms with Gasteiger partial charge in [-0.15, -0.1) is 12.3 Å². The first-order valence-corrected chi connectivity index (χ1v) is 5.02. The Hall–Kier alpha value is -2.16. The fourth-order valence-corrected chi connectivity index (χ4v) is 1.24. The quantitative estimate of drug-likeness (QED) is 0.749. The van der Waals surface area contributed by atoms with Crippen molar-refractivity contribution < 1.29 is 14.3 Å². The number of nitrogens with zero attached hydrogens (tertiary/aromatic N) is 2. The molecule has 0 radical (unpaired) electrons. The lowest BCUT2D eigenvalue weighted by atomic mass is 10.2. The van der Waals surface area contributed by atoms with E-state index in [-0.39, 0.29) is 17.9 Å². The molecule has 5 nitrogen and oxygen atoms in total. The summed E-state index contributed by atoms with van der Waals surface area (Å²) in [5.41, 5.74) is 0.229. The van der Waals surface area contributed by atoms with Crippen molar-refractivity contribution in [2.75, 3.05) is 5.32 Å². The third-order valence-electron chi connectivity index (χ3n) is 2.13. The molecule has 6 heteroatoms. The number of aryl methyl sites for hydroxylation is 1. The summed E-state index contributed by atoms with van der Waals surface area (Å²) in [7, 11) is 0. The first kappa shape index (κ1) is 12.9. The first-order chi connectivity index (χ1) is 8.10. The van der Waals surface area contributed by atoms with E-state index in [2.05, 4.69) is 21.2 Å². The lowest BCUT2D eigenvalue weighted by Crippen LogP contribution is -2.29. The minimum absolute atomic E-state index is 0.0553. The van der Waals surface area contributed by atoms with Crippen molar-refractivity contribution in [3.05, 3.63) is 17.8 Å². The number of halogens is 1. The number of hydrogen-bond donors (Lipinski definition) is 2. The molecule has 1 aromatic heterocycles. The molecule has 90 valence electrons. The van der Waals surface area contributed by atoms with E-state index < -0.39 is 17.8 Å². The molecule has 0 aliphatic rings. The monoisotopic (exact) mass is 237 g/mol. The molecule has 2 N–H and O–H groups in total. The molecular formula is C11H12FN3O2. The molecule has 1 aromatic rings. The summed E-state index contributed by atoms with van der Waals surface area (Å²) < 4.78 is 13.7. The van der Waals surface area contributed by atoms with Crippen LogP contribution in [0.4, 0.5) is 10.2 Å². The number of nitrogens with one attached hydrogen (secondary N) is 1. The van der Waals surface area contributed by atoms with Crippen LogP contribution in [-0.2, 0) is 11.2 Å². The van der Waals surface area contributed by atoms with E-state index in [0.29, 0.717) is 6.42 Å². The molecule has 1 rings (SSSR count). The number of terminal acetylenes is 1. The summed E-state index contributed by atoms with van der Waals surface area (Å²) in [6.45, 7) is 1.74. The van der Waals surface area contributed by atoms with Gasteiger partial charge in [-0.05, 0) is 6.42 Å². The van der Waals surface area contributed by atoms with Crippen LogP contribution >= 0.6 is 0 Å². The fraction of sp³-hybridized carbons (Fsp3) is 0.364. The molecule has 1 unspecified atom stereocenters. The summed E-state index contributed by atoms with van der Waals surface area (Å²) in [4.78, 5) is 18.2. The lowest BCUT2D eigenvalue weighted by molar-refractivity contribution is -0.137. The molecular weight excluding hydrogens is 225 g/mol. The van der Waals surface area contributed by atoms with E-state index in [0.717, 1.165) is 0 Å². The van der Waals surface area contributed by atoms with Gasteiger partial charge in [-0.25, -0.2) is 19.2 Å². The number of carboxylic acids is 1. The molecule has 0 aliphatic heterocycles. The molecule has 0 aliphatic carbocycles. The molecule has 0 aromatic carbocycles. The van der Waals surface area contributed by atoms with Crippen molar-refractivity contribution in [2.24, 2.45) is 0 Å². The number of carbonyl (C=O) groups is 1. The first-order valence-electron chi connectivity index (χ1n) is 5.02. The van der Waals surface area contributed by atoms with Crippen LogP contribution in [0.25, 0.3) is 0 Å². The molecule has 0 spiro atoms. The zero-order valence-electron chi connectivity index (χ0n) is 9.27. The zero-order chi connectivity index (χ0) is 12.8. The summed E-state index contributed by atoms with van der Waals surface area (Å²) in [5.74, 6) is 0.275. The number of hydrogen-bond acceptors (Lipinski definition) is 4. The lowest BCUT2D eigenvalue weighted by Gasteiger charge is -2.13. The van der Waals surface area contributed by atoms with E-state index in [1.165, 1.54) is 6.33 Å². The number of aromatic nitrogens is 2. The van der Waals surface area contributed by atoms with Gasteiger partial charge in [-0.2, -0.15) is 0 Å². The van der Waals surface area contributed by atoms with Gasteiger partial charge in [-0.3, -0.25) is 0 Å². The van der Waals surface area contributed by atoms with Gasteiger partial charge >= 0.3 is 5.97 Å². The van der Waals surface area contributed by atoms with Gasteiger partial charge in [0, 0.05) is 6.42 Å². The Bertz CT molecular complexity index is 457. The van der Waals surface area contributed by atoms with Gasteiger partial charge in [0.15, 0.2) is 11.6 Å². The van der Waals surface area contributed by atoms with Crippen molar-refractivity contribution >= 4 is 11.8 Å². The highest BCUT2D eigenvalue weighted by Crippen LogP contribution is 2.14. The van der Waals surface area contributed by atoms with Crippen molar-refractivity contribution in [3.63, 3.8) is 0 Å². The van der Waals surface area contributed by atoms with Crippen LogP contribution in [-0.4, -0.2) is 27.1 Å². The normalized spacial score (nSPS) is 11.6. The SMILES string of the molecule is C#CCC(Nc1ncnc(CC)c1F)C(=O)O. The fourth-order valence-electron chi connectivity index (χ4n) is 1.24. The minimum Gasteiger partial charge on any atom is -0.480 e. The molecule has 0 saturated carbocycles. The predicted molar refractivity (Wildman–Crippen MR) is 59.9 cm³/mol. The van der Waals surface area contributed by atoms with Crippen molar-refractivity contribution in [3.8, 4) is 12.3 Å². The maximum absolute atomic E-state index is 13.7. The highest BCUT2D eigenvalue weighted by atomic mass is 19.1. The Labute approximate surface area is 98.1 Å². The van der Waals surface area contributed by atoms with E-state index in [9.17, 15) is 9.18 Å². The van der Waals surface area contributed by atoms with Crippen LogP contribution in [0.5, 0.6) is 0 Å². The number of anilines is 1. The van der Waals surface area contributed by atoms with E-state index in [4.69, 9.17) is 11.5 Å². The number of rotatable bonds is 5. The summed E-state index contributed by atoms with van der Waals surface area (Å²) in [6.07, 6.45) is 6.56. The highest BCUT2D eigenvalue weighted by Gasteiger charge is 2.19. The minimum atomic E-state index is -1.15. The van der Waals surface area contributed by atoms with Crippen LogP contribution in [0, 0.1) is 18.2 Å². The third kappa shape index (κ3) is 3.14. The van der Waals surface area contributed by atoms with Gasteiger partial charge in [0.05, 0.1) is 5.69 Å². The molecule has 0 amide bonds. The van der Waals surface area contributed by atoms with Crippen LogP contribution in [0.15, 0.2) is 6.33 Å². The average Bonchev–Trinajstić information content (AvgIpc) is 2.30. The molecule has 0 bridgehead atoms. The second-order valence-corrected chi connectivity index (χ2v) is 3.28. The Morgan fingerprint density at radius 3 is 2.94 bits per heavy atom. The molecule has 1 atom stereocenters. The van der Waals surface area contributed by atoms with Crippen molar-refractivity contribution in [1.29, 1.82) is 0 Å². The second kappa shape index (κ2) is 5.80. The predicted octanol–water partition coefficient (Wildman–Crippen LogP) is 1.07. The highest BCUT2D eigenvalue weighted by molar-refractivity contribution is 5.77. The molecule has 1 heterocycles. The van der Waals surface area contributed by atoms with Gasteiger partial charge in [0.1, 0.15) is 12.4 Å². The Morgan fingerprint density at radius 1 is 1.71 bits per heavy atom. The van der Waals surface area contributed by atoms with Crippen LogP contribution < -0.4 is 5.32 Å². The van der Waals surface area contributed by atoms with E-state index >= 15 is 0 Å². The zero-order valence-corrected chi connectivity index (χ0v) is 9.27. The molecule has 0 saturated heterocycles. The van der Waals surface area contributed by atoms with Crippen LogP contribution in [0.1, 0.15) is 19.0 Å². The van der Waals surface area contributed by atoms with E-state index in [1.807, 2.05) is 0 Å². The van der Waals surface area contributed by atoms with Gasteiger partial charge in [0.2, 0.25) is 0 Å². The summed E-state index contributed by atoms with van der Waals surface area (Å²) >= 11 is 0. The summed E-state index contributed by atoms with van der Waals surface area (Å²) in [6, 6.07) is -1.06. The number of aliphatic carboxylic acids is 1. The standard InChI is InChI=1S/C11H12FN3O2/c1-3-5-8(11(16)17)15-10-9(12)7(4-2)13-6-14-10/h1,6,8H,4-5H2,2H3,(H,16,17)(H,13,14,15). The number of carboxylic acid groups (broad SMARTS) is 1. The summed E-state index contributed by atoms with van der Waals surface area (Å²) in [5, 5.41) is 11.3. The van der Waals surface area contributed by atoms with Crippen molar-refractivity contribution in [1.82, 2.24) is 9.97 Å². The smallest absolute Gasteiger partial charge is 0.327 e. The van der Waals surface area contributed by atoms with E-state index in [1.54, 1.807) is 6.92 Å². The van der Waals surface area contributed by atoms with Crippen LogP contribution in [0.3, 0.4) is 0 Å². The average molecular weight is 237 g/mol. The molecule has 0 fully saturated rings. The topological polar surface area (TPSA) is 75.1 Å². The van der Waals surface area contributed by atoms with Crippen LogP contribution in [0.2, 0.25) is 0 Å². The Morgan fingerprint density at radius 2 is 2.41 bits per heavy atom.